The number of amides is 2. The molecule has 4 heterocycles. The third kappa shape index (κ3) is 4.78. The molecular weight excluding hydrogens is 475 g/mol. The minimum atomic E-state index is -4.19. The van der Waals surface area contributed by atoms with Crippen LogP contribution in [0.25, 0.3) is 5.57 Å². The number of halogens is 3. The molecule has 1 aromatic rings. The zero-order valence-electron chi connectivity index (χ0n) is 20.4. The molecule has 8 nitrogen and oxygen atoms in total. The Hall–Kier alpha value is -2.79. The van der Waals surface area contributed by atoms with Crippen molar-refractivity contribution in [3.8, 4) is 0 Å². The van der Waals surface area contributed by atoms with Crippen molar-refractivity contribution in [2.75, 3.05) is 39.4 Å². The van der Waals surface area contributed by atoms with E-state index in [0.29, 0.717) is 49.8 Å². The Balaban J connectivity index is 1.37. The summed E-state index contributed by atoms with van der Waals surface area (Å²) in [5, 5.41) is 4.52. The van der Waals surface area contributed by atoms with Crippen LogP contribution < -0.4 is 0 Å². The van der Waals surface area contributed by atoms with Crippen LogP contribution >= 0.6 is 0 Å². The Morgan fingerprint density at radius 3 is 2.67 bits per heavy atom. The van der Waals surface area contributed by atoms with Gasteiger partial charge in [-0.1, -0.05) is 11.6 Å². The fourth-order valence-corrected chi connectivity index (χ4v) is 5.48. The molecule has 0 spiro atoms. The molecule has 4 aliphatic rings. The molecule has 194 valence electrons. The van der Waals surface area contributed by atoms with Crippen molar-refractivity contribution in [3.05, 3.63) is 35.2 Å². The molecule has 1 aromatic heterocycles. The summed E-state index contributed by atoms with van der Waals surface area (Å²) in [4.78, 5) is 34.1. The van der Waals surface area contributed by atoms with Gasteiger partial charge in [-0.2, -0.15) is 18.3 Å². The number of carbonyl (C=O) groups excluding carboxylic acids is 2. The van der Waals surface area contributed by atoms with E-state index in [1.807, 2.05) is 24.6 Å². The minimum absolute atomic E-state index is 0.0636. The van der Waals surface area contributed by atoms with Gasteiger partial charge in [0.2, 0.25) is 5.91 Å². The first kappa shape index (κ1) is 24.9. The number of alkyl halides is 3. The van der Waals surface area contributed by atoms with Gasteiger partial charge in [0.15, 0.2) is 0 Å². The molecule has 11 heteroatoms. The molecule has 0 radical (unpaired) electrons. The molecule has 0 bridgehead atoms. The fourth-order valence-electron chi connectivity index (χ4n) is 5.48. The molecule has 1 unspecified atom stereocenters. The van der Waals surface area contributed by atoms with Gasteiger partial charge in [-0.15, -0.1) is 0 Å². The van der Waals surface area contributed by atoms with Crippen LogP contribution in [0.3, 0.4) is 0 Å². The van der Waals surface area contributed by atoms with Crippen LogP contribution in [0.15, 0.2) is 28.9 Å². The van der Waals surface area contributed by atoms with Gasteiger partial charge in [0.1, 0.15) is 0 Å². The van der Waals surface area contributed by atoms with Crippen LogP contribution in [0.4, 0.5) is 13.2 Å². The molecule has 2 atom stereocenters. The zero-order valence-corrected chi connectivity index (χ0v) is 20.4. The maximum absolute atomic E-state index is 13.6. The second-order valence-electron chi connectivity index (χ2n) is 9.98. The summed E-state index contributed by atoms with van der Waals surface area (Å²) >= 11 is 0. The summed E-state index contributed by atoms with van der Waals surface area (Å²) in [6.07, 6.45) is 1.75. The molecule has 0 saturated carbocycles. The SMILES string of the molecule is CC1=CC2=NC(=O)c3cnn(C4CCOCC4)c3C2=CC1C(=O)N1CCN(CCC(F)(F)F)[C@@H](C)C1. The summed E-state index contributed by atoms with van der Waals surface area (Å²) in [7, 11) is 0. The van der Waals surface area contributed by atoms with Crippen LogP contribution in [-0.4, -0.2) is 88.7 Å². The Morgan fingerprint density at radius 1 is 1.22 bits per heavy atom. The van der Waals surface area contributed by atoms with E-state index in [1.165, 1.54) is 0 Å². The first-order valence-electron chi connectivity index (χ1n) is 12.4. The number of fused-ring (bicyclic) bond motifs is 3. The van der Waals surface area contributed by atoms with Crippen LogP contribution in [0.1, 0.15) is 55.2 Å². The molecule has 2 saturated heterocycles. The number of piperazine rings is 1. The Labute approximate surface area is 207 Å². The maximum atomic E-state index is 13.6. The van der Waals surface area contributed by atoms with Gasteiger partial charge in [0.05, 0.1) is 41.5 Å². The highest BCUT2D eigenvalue weighted by Gasteiger charge is 2.38. The number of aliphatic imine (C=N–C) groups is 1. The Bertz CT molecular complexity index is 1150. The van der Waals surface area contributed by atoms with E-state index in [4.69, 9.17) is 4.74 Å². The summed E-state index contributed by atoms with van der Waals surface area (Å²) in [5.74, 6) is -0.965. The van der Waals surface area contributed by atoms with Crippen LogP contribution in [0, 0.1) is 5.92 Å². The lowest BCUT2D eigenvalue weighted by molar-refractivity contribution is -0.144. The average molecular weight is 506 g/mol. The monoisotopic (exact) mass is 505 g/mol. The van der Waals surface area contributed by atoms with Crippen molar-refractivity contribution < 1.29 is 27.5 Å². The summed E-state index contributed by atoms with van der Waals surface area (Å²) in [6, 6.07) is -0.0705. The first-order valence-corrected chi connectivity index (χ1v) is 12.4. The van der Waals surface area contributed by atoms with Gasteiger partial charge in [0.25, 0.3) is 5.91 Å². The lowest BCUT2D eigenvalue weighted by atomic mass is 9.84. The van der Waals surface area contributed by atoms with Gasteiger partial charge in [-0.25, -0.2) is 4.99 Å². The van der Waals surface area contributed by atoms with Crippen LogP contribution in [0.5, 0.6) is 0 Å². The topological polar surface area (TPSA) is 80.0 Å². The Morgan fingerprint density at radius 2 is 1.97 bits per heavy atom. The summed E-state index contributed by atoms with van der Waals surface area (Å²) in [5.41, 5.74) is 3.18. The normalized spacial score (nSPS) is 25.6. The van der Waals surface area contributed by atoms with Crippen molar-refractivity contribution in [2.24, 2.45) is 10.9 Å². The number of allylic oxidation sites excluding steroid dienone is 2. The Kier molecular flexibility index (Phi) is 6.63. The van der Waals surface area contributed by atoms with E-state index in [1.54, 1.807) is 22.1 Å². The molecule has 3 aliphatic heterocycles. The molecule has 0 aromatic carbocycles. The van der Waals surface area contributed by atoms with Crippen molar-refractivity contribution in [2.45, 2.75) is 51.4 Å². The highest BCUT2D eigenvalue weighted by molar-refractivity contribution is 6.36. The second kappa shape index (κ2) is 9.59. The first-order chi connectivity index (χ1) is 17.1. The number of rotatable bonds is 4. The van der Waals surface area contributed by atoms with E-state index in [9.17, 15) is 22.8 Å². The third-order valence-corrected chi connectivity index (χ3v) is 7.53. The molecule has 2 fully saturated rings. The lowest BCUT2D eigenvalue weighted by Crippen LogP contribution is -2.55. The van der Waals surface area contributed by atoms with Gasteiger partial charge >= 0.3 is 6.18 Å². The number of hydrogen-bond acceptors (Lipinski definition) is 5. The number of nitrogens with zero attached hydrogens (tertiary/aromatic N) is 5. The van der Waals surface area contributed by atoms with Gasteiger partial charge in [0, 0.05) is 51.0 Å². The van der Waals surface area contributed by atoms with Crippen molar-refractivity contribution >= 4 is 23.1 Å². The van der Waals surface area contributed by atoms with Gasteiger partial charge in [-0.3, -0.25) is 19.2 Å². The molecule has 2 amide bonds. The molecular formula is C25H30F3N5O3. The average Bonchev–Trinajstić information content (AvgIpc) is 3.29. The minimum Gasteiger partial charge on any atom is -0.381 e. The van der Waals surface area contributed by atoms with Crippen molar-refractivity contribution in [3.63, 3.8) is 0 Å². The summed E-state index contributed by atoms with van der Waals surface area (Å²) in [6.45, 7) is 6.03. The molecule has 0 N–H and O–H groups in total. The highest BCUT2D eigenvalue weighted by atomic mass is 19.4. The second-order valence-corrected chi connectivity index (χ2v) is 9.98. The molecule has 36 heavy (non-hydrogen) atoms. The predicted molar refractivity (Wildman–Crippen MR) is 127 cm³/mol. The number of carbonyl (C=O) groups is 2. The van der Waals surface area contributed by atoms with Crippen molar-refractivity contribution in [1.82, 2.24) is 19.6 Å². The summed E-state index contributed by atoms with van der Waals surface area (Å²) < 4.78 is 45.4. The van der Waals surface area contributed by atoms with Gasteiger partial charge < -0.3 is 9.64 Å². The van der Waals surface area contributed by atoms with Crippen molar-refractivity contribution in [1.29, 1.82) is 0 Å². The lowest BCUT2D eigenvalue weighted by Gasteiger charge is -2.41. The zero-order chi connectivity index (χ0) is 25.6. The predicted octanol–water partition coefficient (Wildman–Crippen LogP) is 3.27. The quantitative estimate of drug-likeness (QED) is 0.628. The fraction of sp³-hybridized carbons (Fsp3) is 0.600. The standard InChI is InChI=1S/C25H30F3N5O3/c1-15-11-21-19(22-20(23(34)30-21)13-29-33(22)17-3-9-36-10-4-17)12-18(15)24(35)32-8-7-31(16(2)14-32)6-5-25(26,27)28/h11-13,16-18H,3-10,14H2,1-2H3/t16-,18?/m0/s1. The van der Waals surface area contributed by atoms with E-state index < -0.39 is 18.5 Å². The van der Waals surface area contributed by atoms with Crippen LogP contribution in [-0.2, 0) is 9.53 Å². The number of aromatic nitrogens is 2. The number of hydrogen-bond donors (Lipinski definition) is 0. The third-order valence-electron chi connectivity index (χ3n) is 7.53. The van der Waals surface area contributed by atoms with E-state index in [0.717, 1.165) is 24.0 Å². The smallest absolute Gasteiger partial charge is 0.381 e. The van der Waals surface area contributed by atoms with Gasteiger partial charge in [-0.05, 0) is 32.8 Å². The van der Waals surface area contributed by atoms with E-state index in [-0.39, 0.29) is 30.4 Å². The van der Waals surface area contributed by atoms with Crippen LogP contribution in [0.2, 0.25) is 0 Å². The largest absolute Gasteiger partial charge is 0.390 e. The molecule has 1 aliphatic carbocycles. The molecule has 5 rings (SSSR count). The highest BCUT2D eigenvalue weighted by Crippen LogP contribution is 2.37. The number of ether oxygens (including phenoxy) is 1. The maximum Gasteiger partial charge on any atom is 0.390 e. The van der Waals surface area contributed by atoms with E-state index in [2.05, 4.69) is 10.1 Å². The van der Waals surface area contributed by atoms with E-state index >= 15 is 0 Å².